The van der Waals surface area contributed by atoms with Crippen LogP contribution < -0.4 is 15.4 Å². The van der Waals surface area contributed by atoms with Gasteiger partial charge in [0, 0.05) is 11.3 Å². The van der Waals surface area contributed by atoms with Crippen molar-refractivity contribution in [3.05, 3.63) is 59.2 Å². The average molecular weight is 344 g/mol. The molecule has 2 aromatic carbocycles. The number of carbonyl (C=O) groups excluding carboxylic acids is 1. The van der Waals surface area contributed by atoms with Gasteiger partial charge in [-0.1, -0.05) is 6.07 Å². The third-order valence-corrected chi connectivity index (χ3v) is 3.48. The Morgan fingerprint density at radius 3 is 2.50 bits per heavy atom. The summed E-state index contributed by atoms with van der Waals surface area (Å²) in [7, 11) is 1.52. The fourth-order valence-electron chi connectivity index (χ4n) is 2.03. The molecule has 0 heterocycles. The van der Waals surface area contributed by atoms with Crippen molar-refractivity contribution in [1.29, 1.82) is 0 Å². The zero-order chi connectivity index (χ0) is 17.7. The molecule has 0 saturated heterocycles. The highest BCUT2D eigenvalue weighted by atomic mass is 32.1. The predicted molar refractivity (Wildman–Crippen MR) is 94.8 cm³/mol. The summed E-state index contributed by atoms with van der Waals surface area (Å²) in [6, 6.07) is 11.3. The van der Waals surface area contributed by atoms with Gasteiger partial charge in [-0.2, -0.15) is 0 Å². The van der Waals surface area contributed by atoms with Gasteiger partial charge in [-0.15, -0.1) is 0 Å². The number of aryl methyl sites for hydroxylation is 1. The number of methoxy groups -OCH3 is 1. The molecule has 0 aliphatic rings. The normalized spacial score (nSPS) is 9.92. The minimum Gasteiger partial charge on any atom is -0.497 e. The van der Waals surface area contributed by atoms with Crippen molar-refractivity contribution >= 4 is 34.9 Å². The summed E-state index contributed by atoms with van der Waals surface area (Å²) in [4.78, 5) is 23.1. The van der Waals surface area contributed by atoms with Gasteiger partial charge in [0.25, 0.3) is 5.91 Å². The van der Waals surface area contributed by atoms with E-state index in [1.165, 1.54) is 19.2 Å². The Hall–Kier alpha value is -2.93. The van der Waals surface area contributed by atoms with Gasteiger partial charge in [0.05, 0.1) is 12.7 Å². The predicted octanol–water partition coefficient (Wildman–Crippen LogP) is 2.83. The van der Waals surface area contributed by atoms with Crippen LogP contribution in [-0.4, -0.2) is 29.2 Å². The number of ether oxygens (including phenoxy) is 1. The summed E-state index contributed by atoms with van der Waals surface area (Å²) in [5, 5.41) is 14.5. The van der Waals surface area contributed by atoms with Crippen LogP contribution in [0.3, 0.4) is 0 Å². The van der Waals surface area contributed by atoms with E-state index in [2.05, 4.69) is 10.6 Å². The van der Waals surface area contributed by atoms with Gasteiger partial charge < -0.3 is 15.2 Å². The Morgan fingerprint density at radius 1 is 1.12 bits per heavy atom. The summed E-state index contributed by atoms with van der Waals surface area (Å²) in [6.07, 6.45) is 0. The number of benzene rings is 2. The van der Waals surface area contributed by atoms with E-state index in [0.717, 1.165) is 0 Å². The molecule has 0 radical (unpaired) electrons. The second-order valence-electron chi connectivity index (χ2n) is 4.98. The largest absolute Gasteiger partial charge is 0.497 e. The van der Waals surface area contributed by atoms with Gasteiger partial charge in [-0.3, -0.25) is 10.1 Å². The number of rotatable bonds is 4. The van der Waals surface area contributed by atoms with Crippen molar-refractivity contribution in [3.8, 4) is 5.75 Å². The maximum atomic E-state index is 12.2. The third kappa shape index (κ3) is 4.30. The summed E-state index contributed by atoms with van der Waals surface area (Å²) in [5.41, 5.74) is 1.92. The molecular formula is C17H16N2O4S. The smallest absolute Gasteiger partial charge is 0.335 e. The molecule has 0 spiro atoms. The number of hydrogen-bond donors (Lipinski definition) is 3. The van der Waals surface area contributed by atoms with Crippen LogP contribution in [0.5, 0.6) is 5.75 Å². The van der Waals surface area contributed by atoms with Gasteiger partial charge >= 0.3 is 5.97 Å². The quantitative estimate of drug-likeness (QED) is 0.739. The standard InChI is InChI=1S/C17H16N2O4S/c1-10-8-12(16(21)22)6-7-14(10)18-17(24)19-15(20)11-4-3-5-13(9-11)23-2/h3-9H,1-2H3,(H,21,22)(H2,18,19,20,24). The van der Waals surface area contributed by atoms with Crippen molar-refractivity contribution < 1.29 is 19.4 Å². The molecule has 2 aromatic rings. The summed E-state index contributed by atoms with van der Waals surface area (Å²) >= 11 is 5.13. The number of carboxylic acids is 1. The van der Waals surface area contributed by atoms with Crippen LogP contribution in [0.1, 0.15) is 26.3 Å². The highest BCUT2D eigenvalue weighted by Crippen LogP contribution is 2.17. The zero-order valence-corrected chi connectivity index (χ0v) is 13.9. The molecule has 6 nitrogen and oxygen atoms in total. The lowest BCUT2D eigenvalue weighted by Crippen LogP contribution is -2.34. The first-order valence-electron chi connectivity index (χ1n) is 7.01. The highest BCUT2D eigenvalue weighted by molar-refractivity contribution is 7.80. The second-order valence-corrected chi connectivity index (χ2v) is 5.38. The summed E-state index contributed by atoms with van der Waals surface area (Å²) < 4.78 is 5.08. The van der Waals surface area contributed by atoms with Crippen molar-refractivity contribution in [1.82, 2.24) is 5.32 Å². The molecule has 24 heavy (non-hydrogen) atoms. The van der Waals surface area contributed by atoms with Crippen LogP contribution in [0.4, 0.5) is 5.69 Å². The Labute approximate surface area is 144 Å². The van der Waals surface area contributed by atoms with Crippen molar-refractivity contribution in [2.75, 3.05) is 12.4 Å². The first kappa shape index (κ1) is 17.4. The van der Waals surface area contributed by atoms with Crippen LogP contribution in [0.15, 0.2) is 42.5 Å². The maximum absolute atomic E-state index is 12.2. The third-order valence-electron chi connectivity index (χ3n) is 3.28. The van der Waals surface area contributed by atoms with E-state index in [9.17, 15) is 9.59 Å². The van der Waals surface area contributed by atoms with E-state index >= 15 is 0 Å². The van der Waals surface area contributed by atoms with E-state index in [1.807, 2.05) is 0 Å². The average Bonchev–Trinajstić information content (AvgIpc) is 2.56. The van der Waals surface area contributed by atoms with Gasteiger partial charge in [-0.25, -0.2) is 4.79 Å². The Kier molecular flexibility index (Phi) is 5.49. The summed E-state index contributed by atoms with van der Waals surface area (Å²) in [5.74, 6) is -0.800. The molecule has 0 atom stereocenters. The van der Waals surface area contributed by atoms with Crippen LogP contribution in [0, 0.1) is 6.92 Å². The molecule has 1 amide bonds. The molecule has 0 aliphatic carbocycles. The van der Waals surface area contributed by atoms with Gasteiger partial charge in [0.1, 0.15) is 5.75 Å². The second kappa shape index (κ2) is 7.56. The minimum atomic E-state index is -1.00. The van der Waals surface area contributed by atoms with Crippen LogP contribution in [0.25, 0.3) is 0 Å². The molecule has 0 fully saturated rings. The minimum absolute atomic E-state index is 0.119. The van der Waals surface area contributed by atoms with Crippen molar-refractivity contribution in [3.63, 3.8) is 0 Å². The first-order chi connectivity index (χ1) is 11.4. The van der Waals surface area contributed by atoms with E-state index in [1.54, 1.807) is 37.3 Å². The number of nitrogens with one attached hydrogen (secondary N) is 2. The topological polar surface area (TPSA) is 87.7 Å². The molecular weight excluding hydrogens is 328 g/mol. The number of carbonyl (C=O) groups is 2. The van der Waals surface area contributed by atoms with Crippen LogP contribution >= 0.6 is 12.2 Å². The lowest BCUT2D eigenvalue weighted by molar-refractivity contribution is 0.0696. The Balaban J connectivity index is 2.05. The Bertz CT molecular complexity index is 805. The number of anilines is 1. The highest BCUT2D eigenvalue weighted by Gasteiger charge is 2.11. The number of hydrogen-bond acceptors (Lipinski definition) is 4. The fourth-order valence-corrected chi connectivity index (χ4v) is 2.23. The molecule has 0 unspecified atom stereocenters. The van der Waals surface area contributed by atoms with Crippen LogP contribution in [-0.2, 0) is 0 Å². The van der Waals surface area contributed by atoms with E-state index in [0.29, 0.717) is 22.6 Å². The molecule has 0 bridgehead atoms. The van der Waals surface area contributed by atoms with Crippen LogP contribution in [0.2, 0.25) is 0 Å². The number of thiocarbonyl (C=S) groups is 1. The lowest BCUT2D eigenvalue weighted by Gasteiger charge is -2.12. The van der Waals surface area contributed by atoms with Gasteiger partial charge in [0.15, 0.2) is 5.11 Å². The number of aromatic carboxylic acids is 1. The van der Waals surface area contributed by atoms with Gasteiger partial charge in [-0.05, 0) is 61.1 Å². The van der Waals surface area contributed by atoms with E-state index < -0.39 is 5.97 Å². The summed E-state index contributed by atoms with van der Waals surface area (Å²) in [6.45, 7) is 1.75. The first-order valence-corrected chi connectivity index (χ1v) is 7.42. The molecule has 0 aromatic heterocycles. The molecule has 2 rings (SSSR count). The van der Waals surface area contributed by atoms with Gasteiger partial charge in [0.2, 0.25) is 0 Å². The number of amides is 1. The monoisotopic (exact) mass is 344 g/mol. The fraction of sp³-hybridized carbons (Fsp3) is 0.118. The van der Waals surface area contributed by atoms with E-state index in [4.69, 9.17) is 22.1 Å². The SMILES string of the molecule is COc1cccc(C(=O)NC(=S)Nc2ccc(C(=O)O)cc2C)c1. The molecule has 124 valence electrons. The molecule has 0 aliphatic heterocycles. The van der Waals surface area contributed by atoms with Crippen molar-refractivity contribution in [2.45, 2.75) is 6.92 Å². The Morgan fingerprint density at radius 2 is 1.88 bits per heavy atom. The number of carboxylic acid groups (broad SMARTS) is 1. The van der Waals surface area contributed by atoms with Crippen molar-refractivity contribution in [2.24, 2.45) is 0 Å². The molecule has 3 N–H and O–H groups in total. The molecule has 0 saturated carbocycles. The molecule has 7 heteroatoms. The van der Waals surface area contributed by atoms with E-state index in [-0.39, 0.29) is 16.6 Å². The zero-order valence-electron chi connectivity index (χ0n) is 13.1. The lowest BCUT2D eigenvalue weighted by atomic mass is 10.1. The maximum Gasteiger partial charge on any atom is 0.335 e.